The van der Waals surface area contributed by atoms with Gasteiger partial charge < -0.3 is 10.1 Å². The van der Waals surface area contributed by atoms with Crippen molar-refractivity contribution in [1.29, 1.82) is 0 Å². The third kappa shape index (κ3) is 2.72. The van der Waals surface area contributed by atoms with Crippen molar-refractivity contribution >= 4 is 11.9 Å². The first-order chi connectivity index (χ1) is 10.7. The molecule has 2 heterocycles. The summed E-state index contributed by atoms with van der Waals surface area (Å²) in [5, 5.41) is 7.34. The number of hydrogen-bond acceptors (Lipinski definition) is 4. The zero-order valence-corrected chi connectivity index (χ0v) is 12.3. The van der Waals surface area contributed by atoms with E-state index in [1.54, 1.807) is 23.0 Å². The first-order valence-electron chi connectivity index (χ1n) is 7.20. The van der Waals surface area contributed by atoms with Crippen LogP contribution in [0.15, 0.2) is 30.5 Å². The van der Waals surface area contributed by atoms with Crippen LogP contribution in [-0.4, -0.2) is 35.3 Å². The van der Waals surface area contributed by atoms with Crippen LogP contribution in [0, 0.1) is 0 Å². The number of nitrogens with one attached hydrogen (secondary N) is 1. The number of aromatic nitrogens is 2. The van der Waals surface area contributed by atoms with Crippen LogP contribution < -0.4 is 5.32 Å². The van der Waals surface area contributed by atoms with E-state index in [0.29, 0.717) is 24.2 Å². The van der Waals surface area contributed by atoms with Crippen LogP contribution in [0.5, 0.6) is 0 Å². The normalized spacial score (nSPS) is 14.0. The number of amides is 1. The third-order valence-corrected chi connectivity index (χ3v) is 3.71. The van der Waals surface area contributed by atoms with Gasteiger partial charge in [0.1, 0.15) is 0 Å². The highest BCUT2D eigenvalue weighted by molar-refractivity contribution is 5.95. The highest BCUT2D eigenvalue weighted by atomic mass is 16.5. The summed E-state index contributed by atoms with van der Waals surface area (Å²) in [7, 11) is 1.36. The predicted octanol–water partition coefficient (Wildman–Crippen LogP) is 1.39. The molecular weight excluding hydrogens is 282 g/mol. The average molecular weight is 299 g/mol. The maximum Gasteiger partial charge on any atom is 0.338 e. The van der Waals surface area contributed by atoms with Crippen molar-refractivity contribution in [2.24, 2.45) is 0 Å². The monoisotopic (exact) mass is 299 g/mol. The Balaban J connectivity index is 1.90. The van der Waals surface area contributed by atoms with E-state index in [0.717, 1.165) is 24.1 Å². The maximum atomic E-state index is 12.0. The summed E-state index contributed by atoms with van der Waals surface area (Å²) in [6.45, 7) is 1.10. The molecule has 1 aromatic heterocycles. The number of fused-ring (bicyclic) bond motifs is 1. The smallest absolute Gasteiger partial charge is 0.338 e. The molecular formula is C16H17N3O3. The van der Waals surface area contributed by atoms with Gasteiger partial charge in [0.05, 0.1) is 30.5 Å². The highest BCUT2D eigenvalue weighted by Gasteiger charge is 2.19. The van der Waals surface area contributed by atoms with Crippen LogP contribution in [0.25, 0.3) is 0 Å². The van der Waals surface area contributed by atoms with E-state index in [-0.39, 0.29) is 11.9 Å². The van der Waals surface area contributed by atoms with Gasteiger partial charge in [-0.15, -0.1) is 0 Å². The number of ether oxygens (including phenoxy) is 1. The van der Waals surface area contributed by atoms with E-state index in [9.17, 15) is 9.59 Å². The molecule has 0 aliphatic carbocycles. The number of aryl methyl sites for hydroxylation is 1. The Bertz CT molecular complexity index is 721. The largest absolute Gasteiger partial charge is 0.465 e. The molecule has 1 aliphatic rings. The lowest BCUT2D eigenvalue weighted by molar-refractivity contribution is 0.0599. The molecule has 0 atom stereocenters. The summed E-state index contributed by atoms with van der Waals surface area (Å²) >= 11 is 0. The molecule has 6 heteroatoms. The van der Waals surface area contributed by atoms with Gasteiger partial charge in [-0.3, -0.25) is 9.48 Å². The van der Waals surface area contributed by atoms with E-state index < -0.39 is 0 Å². The van der Waals surface area contributed by atoms with Gasteiger partial charge in [-0.25, -0.2) is 4.79 Å². The molecule has 3 rings (SSSR count). The second-order valence-electron chi connectivity index (χ2n) is 5.20. The number of esters is 1. The molecule has 6 nitrogen and oxygen atoms in total. The minimum absolute atomic E-state index is 0.0833. The van der Waals surface area contributed by atoms with E-state index in [1.165, 1.54) is 7.11 Å². The van der Waals surface area contributed by atoms with Crippen LogP contribution in [0.4, 0.5) is 0 Å². The van der Waals surface area contributed by atoms with Crippen molar-refractivity contribution in [3.8, 4) is 0 Å². The van der Waals surface area contributed by atoms with Crippen molar-refractivity contribution in [1.82, 2.24) is 15.1 Å². The van der Waals surface area contributed by atoms with Gasteiger partial charge >= 0.3 is 5.97 Å². The summed E-state index contributed by atoms with van der Waals surface area (Å²) in [6.07, 6.45) is 3.40. The average Bonchev–Trinajstić information content (AvgIpc) is 2.86. The fourth-order valence-corrected chi connectivity index (χ4v) is 2.61. The molecule has 0 saturated carbocycles. The van der Waals surface area contributed by atoms with Gasteiger partial charge in [0.2, 0.25) is 0 Å². The standard InChI is InChI=1S/C16H17N3O3/c1-22-16(21)12-6-3-2-5-11(12)9-19-10-13-14(18-19)7-4-8-17-15(13)20/h2-3,5-6,10H,4,7-9H2,1H3,(H,17,20). The molecule has 22 heavy (non-hydrogen) atoms. The van der Waals surface area contributed by atoms with Gasteiger partial charge in [-0.05, 0) is 24.5 Å². The Kier molecular flexibility index (Phi) is 3.91. The molecule has 1 aromatic carbocycles. The number of benzene rings is 1. The Morgan fingerprint density at radius 3 is 3.05 bits per heavy atom. The molecule has 0 spiro atoms. The maximum absolute atomic E-state index is 12.0. The minimum Gasteiger partial charge on any atom is -0.465 e. The van der Waals surface area contributed by atoms with Crippen molar-refractivity contribution < 1.29 is 14.3 Å². The molecule has 2 aromatic rings. The number of carbonyl (C=O) groups excluding carboxylic acids is 2. The van der Waals surface area contributed by atoms with Crippen molar-refractivity contribution in [2.45, 2.75) is 19.4 Å². The van der Waals surface area contributed by atoms with Gasteiger partial charge in [-0.1, -0.05) is 18.2 Å². The SMILES string of the molecule is COC(=O)c1ccccc1Cn1cc2c(n1)CCCNC2=O. The molecule has 0 bridgehead atoms. The Hall–Kier alpha value is -2.63. The van der Waals surface area contributed by atoms with Gasteiger partial charge in [0.25, 0.3) is 5.91 Å². The summed E-state index contributed by atoms with van der Waals surface area (Å²) in [4.78, 5) is 23.8. The zero-order valence-electron chi connectivity index (χ0n) is 12.3. The van der Waals surface area contributed by atoms with Crippen LogP contribution in [-0.2, 0) is 17.7 Å². The molecule has 1 amide bonds. The molecule has 114 valence electrons. The van der Waals surface area contributed by atoms with Crippen LogP contribution in [0.2, 0.25) is 0 Å². The summed E-state index contributed by atoms with van der Waals surface area (Å²) in [5.74, 6) is -0.456. The molecule has 0 fully saturated rings. The van der Waals surface area contributed by atoms with Crippen LogP contribution >= 0.6 is 0 Å². The lowest BCUT2D eigenvalue weighted by Gasteiger charge is -2.08. The molecule has 0 unspecified atom stereocenters. The Morgan fingerprint density at radius 2 is 2.23 bits per heavy atom. The summed E-state index contributed by atoms with van der Waals surface area (Å²) < 4.78 is 6.50. The van der Waals surface area contributed by atoms with Crippen LogP contribution in [0.1, 0.15) is 38.4 Å². The fraction of sp³-hybridized carbons (Fsp3) is 0.312. The molecule has 1 N–H and O–H groups in total. The highest BCUT2D eigenvalue weighted by Crippen LogP contribution is 2.16. The lowest BCUT2D eigenvalue weighted by atomic mass is 10.1. The van der Waals surface area contributed by atoms with Crippen molar-refractivity contribution in [3.05, 3.63) is 52.8 Å². The molecule has 0 saturated heterocycles. The van der Waals surface area contributed by atoms with Crippen molar-refractivity contribution in [2.75, 3.05) is 13.7 Å². The second-order valence-corrected chi connectivity index (χ2v) is 5.20. The molecule has 1 aliphatic heterocycles. The minimum atomic E-state index is -0.373. The third-order valence-electron chi connectivity index (χ3n) is 3.71. The van der Waals surface area contributed by atoms with Gasteiger partial charge in [-0.2, -0.15) is 5.10 Å². The van der Waals surface area contributed by atoms with Gasteiger partial charge in [0, 0.05) is 12.7 Å². The molecule has 0 radical (unpaired) electrons. The number of methoxy groups -OCH3 is 1. The Morgan fingerprint density at radius 1 is 1.41 bits per heavy atom. The fourth-order valence-electron chi connectivity index (χ4n) is 2.61. The summed E-state index contributed by atoms with van der Waals surface area (Å²) in [5.41, 5.74) is 2.76. The first-order valence-corrected chi connectivity index (χ1v) is 7.20. The number of hydrogen-bond donors (Lipinski definition) is 1. The number of carbonyl (C=O) groups is 2. The van der Waals surface area contributed by atoms with Crippen LogP contribution in [0.3, 0.4) is 0 Å². The first kappa shape index (κ1) is 14.3. The second kappa shape index (κ2) is 6.01. The van der Waals surface area contributed by atoms with E-state index >= 15 is 0 Å². The lowest BCUT2D eigenvalue weighted by Crippen LogP contribution is -2.22. The van der Waals surface area contributed by atoms with Crippen molar-refractivity contribution in [3.63, 3.8) is 0 Å². The topological polar surface area (TPSA) is 73.2 Å². The van der Waals surface area contributed by atoms with E-state index in [4.69, 9.17) is 4.74 Å². The number of rotatable bonds is 3. The zero-order chi connectivity index (χ0) is 15.5. The summed E-state index contributed by atoms with van der Waals surface area (Å²) in [6, 6.07) is 7.24. The van der Waals surface area contributed by atoms with E-state index in [2.05, 4.69) is 10.4 Å². The quantitative estimate of drug-likeness (QED) is 0.869. The predicted molar refractivity (Wildman–Crippen MR) is 79.8 cm³/mol. The Labute approximate surface area is 128 Å². The van der Waals surface area contributed by atoms with Gasteiger partial charge in [0.15, 0.2) is 0 Å². The number of nitrogens with zero attached hydrogens (tertiary/aromatic N) is 2. The van der Waals surface area contributed by atoms with E-state index in [1.807, 2.05) is 12.1 Å².